The molecule has 4 amide bonds. The number of rotatable bonds is 9. The van der Waals surface area contributed by atoms with Gasteiger partial charge in [0, 0.05) is 125 Å². The number of nitrogen functional groups attached to an aromatic ring is 1. The van der Waals surface area contributed by atoms with E-state index in [1.807, 2.05) is 50.2 Å². The van der Waals surface area contributed by atoms with Gasteiger partial charge in [0.2, 0.25) is 5.91 Å². The van der Waals surface area contributed by atoms with Crippen LogP contribution in [-0.4, -0.2) is 119 Å². The van der Waals surface area contributed by atoms with Gasteiger partial charge in [-0.25, -0.2) is 9.18 Å². The van der Waals surface area contributed by atoms with Crippen molar-refractivity contribution in [1.29, 1.82) is 0 Å². The molecule has 2 aromatic heterocycles. The standard InChI is InChI=1S/C48H56FN9O5/c1-30-24-32(8-9-36(30)33-25-35(63-3)28-56(27-33)42-26-39(52-53-45(42)50)38-6-4-5-7-43(38)59)46(61)55-22-16-48(49,17-23-55)29-54-18-12-34(13-19-54)57-20-14-37-31(2)40(10-11-41(37)57)58-21-15-44(60)51-47(58)62/h4-11,14,20,24,26,33-35,59H,12-13,15-19,21-23,25,27-29H2,1-3H3,(H2,50,53)(H,51,60,62)/t33-,35+/m0/s1. The van der Waals surface area contributed by atoms with Crippen molar-refractivity contribution >= 4 is 45.9 Å². The number of para-hydroxylation sites is 1. The molecule has 6 heterocycles. The number of halogens is 1. The summed E-state index contributed by atoms with van der Waals surface area (Å²) in [6, 6.07) is 20.8. The number of phenolic OH excluding ortho intramolecular Hbond substituents is 1. The number of nitrogens with two attached hydrogens (primary N) is 1. The number of alkyl halides is 1. The number of anilines is 3. The van der Waals surface area contributed by atoms with Crippen molar-refractivity contribution in [3.05, 3.63) is 95.2 Å². The number of piperidine rings is 3. The maximum absolute atomic E-state index is 16.5. The first-order valence-corrected chi connectivity index (χ1v) is 22.1. The minimum Gasteiger partial charge on any atom is -0.507 e. The molecule has 4 N–H and O–H groups in total. The van der Waals surface area contributed by atoms with Gasteiger partial charge in [0.1, 0.15) is 11.4 Å². The summed E-state index contributed by atoms with van der Waals surface area (Å²) in [6.45, 7) is 8.38. The predicted molar refractivity (Wildman–Crippen MR) is 241 cm³/mol. The third kappa shape index (κ3) is 8.43. The van der Waals surface area contributed by atoms with Crippen LogP contribution < -0.4 is 20.9 Å². The number of aryl methyl sites for hydroxylation is 2. The van der Waals surface area contributed by atoms with Gasteiger partial charge in [0.15, 0.2) is 5.82 Å². The van der Waals surface area contributed by atoms with E-state index >= 15 is 4.39 Å². The molecule has 0 radical (unpaired) electrons. The second kappa shape index (κ2) is 17.2. The number of carbonyl (C=O) groups excluding carboxylic acids is 3. The molecule has 14 nitrogen and oxygen atoms in total. The number of benzene rings is 3. The minimum atomic E-state index is -1.36. The third-order valence-corrected chi connectivity index (χ3v) is 13.9. The molecule has 4 saturated heterocycles. The van der Waals surface area contributed by atoms with E-state index in [9.17, 15) is 19.5 Å². The van der Waals surface area contributed by atoms with Crippen molar-refractivity contribution in [2.75, 3.05) is 75.0 Å². The van der Waals surface area contributed by atoms with Crippen LogP contribution in [0.15, 0.2) is 72.9 Å². The van der Waals surface area contributed by atoms with Crippen LogP contribution in [0.25, 0.3) is 22.2 Å². The van der Waals surface area contributed by atoms with Gasteiger partial charge in [0.05, 0.1) is 17.5 Å². The number of amides is 4. The molecular weight excluding hydrogens is 802 g/mol. The predicted octanol–water partition coefficient (Wildman–Crippen LogP) is 6.74. The summed E-state index contributed by atoms with van der Waals surface area (Å²) in [5, 5.41) is 22.5. The largest absolute Gasteiger partial charge is 0.507 e. The Morgan fingerprint density at radius 3 is 2.46 bits per heavy atom. The van der Waals surface area contributed by atoms with Crippen molar-refractivity contribution in [2.45, 2.75) is 76.1 Å². The topological polar surface area (TPSA) is 162 Å². The van der Waals surface area contributed by atoms with E-state index in [-0.39, 0.29) is 48.1 Å². The van der Waals surface area contributed by atoms with E-state index in [1.54, 1.807) is 35.1 Å². The normalized spacial score (nSPS) is 21.2. The van der Waals surface area contributed by atoms with Crippen molar-refractivity contribution in [1.82, 2.24) is 29.9 Å². The van der Waals surface area contributed by atoms with Gasteiger partial charge in [-0.2, -0.15) is 0 Å². The summed E-state index contributed by atoms with van der Waals surface area (Å²) in [5.74, 6) is 0.180. The maximum Gasteiger partial charge on any atom is 0.328 e. The molecule has 2 atom stereocenters. The number of carbonyl (C=O) groups is 3. The number of imide groups is 1. The Morgan fingerprint density at radius 1 is 0.952 bits per heavy atom. The Kier molecular flexibility index (Phi) is 11.6. The first-order chi connectivity index (χ1) is 30.4. The Balaban J connectivity index is 0.796. The zero-order valence-electron chi connectivity index (χ0n) is 36.2. The molecule has 9 rings (SSSR count). The van der Waals surface area contributed by atoms with Crippen molar-refractivity contribution in [3.63, 3.8) is 0 Å². The van der Waals surface area contributed by atoms with Crippen molar-refractivity contribution in [3.8, 4) is 17.0 Å². The molecule has 4 aliphatic heterocycles. The van der Waals surface area contributed by atoms with Crippen LogP contribution in [0.5, 0.6) is 5.75 Å². The van der Waals surface area contributed by atoms with Crippen LogP contribution in [0.4, 0.5) is 26.4 Å². The smallest absolute Gasteiger partial charge is 0.328 e. The first-order valence-electron chi connectivity index (χ1n) is 22.1. The number of methoxy groups -OCH3 is 1. The SMILES string of the molecule is CO[C@@H]1C[C@H](c2ccc(C(=O)N3CCC(F)(CN4CCC(n5ccc6c(C)c(N7CCC(=O)NC7=O)ccc65)CC4)CC3)cc2C)CN(c2cc(-c3ccccc3O)nnc2N)C1. The van der Waals surface area contributed by atoms with Crippen molar-refractivity contribution < 1.29 is 28.6 Å². The number of fused-ring (bicyclic) bond motifs is 1. The van der Waals surface area contributed by atoms with E-state index < -0.39 is 5.67 Å². The second-order valence-electron chi connectivity index (χ2n) is 17.9. The monoisotopic (exact) mass is 857 g/mol. The lowest BCUT2D eigenvalue weighted by Gasteiger charge is -2.41. The van der Waals surface area contributed by atoms with Crippen LogP contribution in [-0.2, 0) is 9.53 Å². The highest BCUT2D eigenvalue weighted by atomic mass is 19.1. The summed E-state index contributed by atoms with van der Waals surface area (Å²) in [7, 11) is 1.71. The van der Waals surface area contributed by atoms with Gasteiger partial charge in [-0.15, -0.1) is 10.2 Å². The number of urea groups is 1. The van der Waals surface area contributed by atoms with Gasteiger partial charge in [-0.3, -0.25) is 19.8 Å². The fourth-order valence-corrected chi connectivity index (χ4v) is 10.4. The van der Waals surface area contributed by atoms with E-state index in [0.29, 0.717) is 74.7 Å². The quantitative estimate of drug-likeness (QED) is 0.145. The maximum atomic E-state index is 16.5. The molecule has 5 aromatic rings. The number of nitrogens with one attached hydrogen (secondary N) is 1. The number of hydrogen-bond donors (Lipinski definition) is 3. The summed E-state index contributed by atoms with van der Waals surface area (Å²) in [4.78, 5) is 45.9. The zero-order chi connectivity index (χ0) is 44.0. The minimum absolute atomic E-state index is 0.0715. The van der Waals surface area contributed by atoms with Crippen molar-refractivity contribution in [2.24, 2.45) is 0 Å². The zero-order valence-corrected chi connectivity index (χ0v) is 36.2. The number of hydrogen-bond acceptors (Lipinski definition) is 10. The molecule has 3 aromatic carbocycles. The molecule has 0 aliphatic carbocycles. The highest BCUT2D eigenvalue weighted by molar-refractivity contribution is 6.07. The first kappa shape index (κ1) is 42.3. The lowest BCUT2D eigenvalue weighted by Crippen LogP contribution is -2.51. The number of likely N-dealkylation sites (tertiary alicyclic amines) is 2. The molecule has 4 fully saturated rings. The highest BCUT2D eigenvalue weighted by Gasteiger charge is 2.39. The van der Waals surface area contributed by atoms with E-state index in [1.165, 1.54) is 0 Å². The van der Waals surface area contributed by atoms with Gasteiger partial charge in [0.25, 0.3) is 5.91 Å². The van der Waals surface area contributed by atoms with Crippen LogP contribution in [0, 0.1) is 13.8 Å². The molecule has 63 heavy (non-hydrogen) atoms. The van der Waals surface area contributed by atoms with Gasteiger partial charge < -0.3 is 34.8 Å². The number of nitrogens with zero attached hydrogens (tertiary/aromatic N) is 7. The Morgan fingerprint density at radius 2 is 1.73 bits per heavy atom. The Bertz CT molecular complexity index is 2550. The molecular formula is C48H56FN9O5. The average Bonchev–Trinajstić information content (AvgIpc) is 3.72. The van der Waals surface area contributed by atoms with Crippen LogP contribution >= 0.6 is 0 Å². The van der Waals surface area contributed by atoms with E-state index in [0.717, 1.165) is 71.3 Å². The fourth-order valence-electron chi connectivity index (χ4n) is 10.4. The lowest BCUT2D eigenvalue weighted by atomic mass is 9.85. The summed E-state index contributed by atoms with van der Waals surface area (Å²) >= 11 is 0. The number of phenols is 1. The number of aromatic nitrogens is 3. The van der Waals surface area contributed by atoms with Crippen LogP contribution in [0.3, 0.4) is 0 Å². The number of ether oxygens (including phenoxy) is 1. The molecule has 15 heteroatoms. The lowest BCUT2D eigenvalue weighted by molar-refractivity contribution is -0.120. The van der Waals surface area contributed by atoms with Crippen LogP contribution in [0.1, 0.15) is 77.5 Å². The van der Waals surface area contributed by atoms with Gasteiger partial charge >= 0.3 is 6.03 Å². The molecule has 0 spiro atoms. The average molecular weight is 858 g/mol. The number of aromatic hydroxyl groups is 1. The molecule has 0 unspecified atom stereocenters. The highest BCUT2D eigenvalue weighted by Crippen LogP contribution is 2.39. The Hall–Kier alpha value is -6.06. The molecule has 0 saturated carbocycles. The molecule has 330 valence electrons. The fraction of sp³-hybridized carbons (Fsp3) is 0.438. The summed E-state index contributed by atoms with van der Waals surface area (Å²) in [5.41, 5.74) is 12.5. The van der Waals surface area contributed by atoms with E-state index in [4.69, 9.17) is 10.5 Å². The van der Waals surface area contributed by atoms with Gasteiger partial charge in [-0.05, 0) is 98.3 Å². The third-order valence-electron chi connectivity index (χ3n) is 13.9. The van der Waals surface area contributed by atoms with E-state index in [2.05, 4.69) is 48.2 Å². The molecule has 4 aliphatic rings. The Labute approximate surface area is 366 Å². The second-order valence-corrected chi connectivity index (χ2v) is 17.9. The summed E-state index contributed by atoms with van der Waals surface area (Å²) < 4.78 is 24.7. The summed E-state index contributed by atoms with van der Waals surface area (Å²) in [6.07, 6.45) is 5.53. The van der Waals surface area contributed by atoms with Gasteiger partial charge in [-0.1, -0.05) is 18.2 Å². The van der Waals surface area contributed by atoms with Crippen LogP contribution in [0.2, 0.25) is 0 Å². The molecule has 0 bridgehead atoms.